The quantitative estimate of drug-likeness (QED) is 0.250. The van der Waals surface area contributed by atoms with Crippen LogP contribution in [0.5, 0.6) is 11.5 Å². The van der Waals surface area contributed by atoms with E-state index in [0.29, 0.717) is 11.5 Å². The number of benzene rings is 4. The van der Waals surface area contributed by atoms with Crippen LogP contribution in [0, 0.1) is 21.7 Å². The van der Waals surface area contributed by atoms with Crippen LogP contribution in [-0.2, 0) is 10.8 Å². The molecule has 0 heterocycles. The Labute approximate surface area is 264 Å². The summed E-state index contributed by atoms with van der Waals surface area (Å²) in [5.74, 6) is 0.697. The first kappa shape index (κ1) is 29.2. The number of phenolic OH excluding ortho intramolecular Hbond substituents is 2. The number of hydrogen-bond donors (Lipinski definition) is 2. The molecule has 8 rings (SSSR count). The Morgan fingerprint density at radius 2 is 0.818 bits per heavy atom. The maximum absolute atomic E-state index is 11.1. The van der Waals surface area contributed by atoms with Crippen molar-refractivity contribution in [3.05, 3.63) is 108 Å². The van der Waals surface area contributed by atoms with Gasteiger partial charge in [-0.3, -0.25) is 0 Å². The standard InChI is InChI=1S/C42H48O2/c1-37(2,3)41-24-39(31-17-19-35(43)33(21-31)29-13-9-7-10-14-29)23-40(25-41,27-42(26-39,28-41)38(4,5)6)32-18-20-36(44)34(22-32)30-15-11-8-12-16-30/h7-22,43-44H,23-28H2,1-6H3. The second-order valence-corrected chi connectivity index (χ2v) is 16.9. The molecule has 4 aromatic carbocycles. The molecule has 0 radical (unpaired) electrons. The van der Waals surface area contributed by atoms with Crippen LogP contribution in [0.15, 0.2) is 97.1 Å². The van der Waals surface area contributed by atoms with Gasteiger partial charge in [-0.15, -0.1) is 0 Å². The molecule has 0 spiro atoms. The van der Waals surface area contributed by atoms with Gasteiger partial charge in [0.15, 0.2) is 0 Å². The molecule has 2 N–H and O–H groups in total. The van der Waals surface area contributed by atoms with Gasteiger partial charge in [0.25, 0.3) is 0 Å². The molecule has 4 aliphatic rings. The zero-order valence-electron chi connectivity index (χ0n) is 27.4. The number of phenols is 2. The fourth-order valence-electron chi connectivity index (χ4n) is 10.3. The summed E-state index contributed by atoms with van der Waals surface area (Å²) in [7, 11) is 0. The van der Waals surface area contributed by atoms with Crippen molar-refractivity contribution in [2.24, 2.45) is 21.7 Å². The van der Waals surface area contributed by atoms with E-state index in [1.165, 1.54) is 43.2 Å². The van der Waals surface area contributed by atoms with Gasteiger partial charge in [0.2, 0.25) is 0 Å². The predicted octanol–water partition coefficient (Wildman–Crippen LogP) is 11.1. The minimum Gasteiger partial charge on any atom is -0.507 e. The van der Waals surface area contributed by atoms with Crippen LogP contribution in [0.25, 0.3) is 22.3 Å². The largest absolute Gasteiger partial charge is 0.507 e. The van der Waals surface area contributed by atoms with Gasteiger partial charge in [0, 0.05) is 11.1 Å². The van der Waals surface area contributed by atoms with Gasteiger partial charge in [-0.25, -0.2) is 0 Å². The van der Waals surface area contributed by atoms with E-state index in [9.17, 15) is 10.2 Å². The van der Waals surface area contributed by atoms with Crippen LogP contribution in [0.4, 0.5) is 0 Å². The third kappa shape index (κ3) is 4.27. The minimum atomic E-state index is -0.0165. The highest BCUT2D eigenvalue weighted by atomic mass is 16.3. The molecule has 4 fully saturated rings. The third-order valence-corrected chi connectivity index (χ3v) is 12.6. The molecule has 44 heavy (non-hydrogen) atoms. The lowest BCUT2D eigenvalue weighted by Crippen LogP contribution is -2.69. The van der Waals surface area contributed by atoms with Crippen molar-refractivity contribution in [2.45, 2.75) is 90.9 Å². The first-order valence-electron chi connectivity index (χ1n) is 16.5. The molecule has 0 aromatic heterocycles. The van der Waals surface area contributed by atoms with E-state index in [-0.39, 0.29) is 32.5 Å². The molecule has 4 saturated carbocycles. The van der Waals surface area contributed by atoms with Crippen LogP contribution >= 0.6 is 0 Å². The molecule has 4 aromatic rings. The Hall–Kier alpha value is -3.52. The average molecular weight is 585 g/mol. The molecule has 2 heteroatoms. The van der Waals surface area contributed by atoms with Gasteiger partial charge in [-0.2, -0.15) is 0 Å². The zero-order valence-corrected chi connectivity index (χ0v) is 27.4. The summed E-state index contributed by atoms with van der Waals surface area (Å²) >= 11 is 0. The number of aromatic hydroxyl groups is 2. The second-order valence-electron chi connectivity index (χ2n) is 16.9. The first-order chi connectivity index (χ1) is 20.7. The molecular formula is C42H48O2. The summed E-state index contributed by atoms with van der Waals surface area (Å²) in [5.41, 5.74) is 7.27. The van der Waals surface area contributed by atoms with Crippen LogP contribution in [0.3, 0.4) is 0 Å². The summed E-state index contributed by atoms with van der Waals surface area (Å²) in [4.78, 5) is 0. The van der Waals surface area contributed by atoms with Gasteiger partial charge in [-0.05, 0) is 118 Å². The van der Waals surface area contributed by atoms with Gasteiger partial charge in [-0.1, -0.05) is 114 Å². The average Bonchev–Trinajstić information content (AvgIpc) is 2.97. The summed E-state index contributed by atoms with van der Waals surface area (Å²) in [6, 6.07) is 33.7. The molecule has 0 saturated heterocycles. The molecular weight excluding hydrogens is 536 g/mol. The van der Waals surface area contributed by atoms with E-state index in [2.05, 4.69) is 114 Å². The Kier molecular flexibility index (Phi) is 6.30. The van der Waals surface area contributed by atoms with Crippen molar-refractivity contribution >= 4 is 0 Å². The van der Waals surface area contributed by atoms with Gasteiger partial charge in [0.05, 0.1) is 0 Å². The van der Waals surface area contributed by atoms with Crippen molar-refractivity contribution in [2.75, 3.05) is 0 Å². The van der Waals surface area contributed by atoms with E-state index in [0.717, 1.165) is 28.7 Å². The first-order valence-corrected chi connectivity index (χ1v) is 16.5. The van der Waals surface area contributed by atoms with Gasteiger partial charge < -0.3 is 10.2 Å². The highest BCUT2D eigenvalue weighted by molar-refractivity contribution is 5.72. The SMILES string of the molecule is CC(C)(C)C12CC3(c4ccc(O)c(-c5ccccc5)c4)CC(c4ccc(O)c(-c5ccccc5)c4)(C1)CC(C(C)(C)C)(C3)C2. The number of hydrogen-bond acceptors (Lipinski definition) is 2. The topological polar surface area (TPSA) is 40.5 Å². The maximum atomic E-state index is 11.1. The molecule has 4 aliphatic carbocycles. The molecule has 4 bridgehead atoms. The lowest BCUT2D eigenvalue weighted by Gasteiger charge is -2.76. The molecule has 0 amide bonds. The fourth-order valence-corrected chi connectivity index (χ4v) is 10.3. The van der Waals surface area contributed by atoms with Crippen LogP contribution in [-0.4, -0.2) is 10.2 Å². The predicted molar refractivity (Wildman–Crippen MR) is 182 cm³/mol. The highest BCUT2D eigenvalue weighted by Gasteiger charge is 2.72. The van der Waals surface area contributed by atoms with Crippen molar-refractivity contribution in [3.63, 3.8) is 0 Å². The molecule has 0 atom stereocenters. The molecule has 0 unspecified atom stereocenters. The van der Waals surface area contributed by atoms with E-state index >= 15 is 0 Å². The number of rotatable bonds is 4. The zero-order chi connectivity index (χ0) is 31.2. The van der Waals surface area contributed by atoms with E-state index < -0.39 is 0 Å². The van der Waals surface area contributed by atoms with Crippen molar-refractivity contribution < 1.29 is 10.2 Å². The lowest BCUT2D eigenvalue weighted by atomic mass is 9.28. The smallest absolute Gasteiger partial charge is 0.123 e. The molecule has 228 valence electrons. The molecule has 0 aliphatic heterocycles. The summed E-state index contributed by atoms with van der Waals surface area (Å²) < 4.78 is 0. The third-order valence-electron chi connectivity index (χ3n) is 12.6. The Morgan fingerprint density at radius 1 is 0.455 bits per heavy atom. The van der Waals surface area contributed by atoms with Crippen molar-refractivity contribution in [1.29, 1.82) is 0 Å². The van der Waals surface area contributed by atoms with E-state index in [1.54, 1.807) is 0 Å². The van der Waals surface area contributed by atoms with E-state index in [1.807, 2.05) is 24.3 Å². The Bertz CT molecular complexity index is 1560. The highest BCUT2D eigenvalue weighted by Crippen LogP contribution is 2.80. The Morgan fingerprint density at radius 3 is 1.16 bits per heavy atom. The summed E-state index contributed by atoms with van der Waals surface area (Å²) in [5, 5.41) is 22.2. The van der Waals surface area contributed by atoms with Crippen molar-refractivity contribution in [1.82, 2.24) is 0 Å². The normalized spacial score (nSPS) is 29.6. The fraction of sp³-hybridized carbons (Fsp3) is 0.429. The summed E-state index contributed by atoms with van der Waals surface area (Å²) in [6.45, 7) is 14.9. The van der Waals surface area contributed by atoms with Crippen LogP contribution < -0.4 is 0 Å². The minimum absolute atomic E-state index is 0.0165. The molecule has 2 nitrogen and oxygen atoms in total. The summed E-state index contributed by atoms with van der Waals surface area (Å²) in [6.07, 6.45) is 7.03. The van der Waals surface area contributed by atoms with Gasteiger partial charge in [0.1, 0.15) is 11.5 Å². The maximum Gasteiger partial charge on any atom is 0.123 e. The second kappa shape index (κ2) is 9.49. The van der Waals surface area contributed by atoms with Crippen LogP contribution in [0.1, 0.15) is 91.2 Å². The lowest BCUT2D eigenvalue weighted by molar-refractivity contribution is -0.214. The van der Waals surface area contributed by atoms with Gasteiger partial charge >= 0.3 is 0 Å². The van der Waals surface area contributed by atoms with Crippen molar-refractivity contribution in [3.8, 4) is 33.8 Å². The monoisotopic (exact) mass is 584 g/mol. The Balaban J connectivity index is 1.48. The van der Waals surface area contributed by atoms with Crippen LogP contribution in [0.2, 0.25) is 0 Å². The van der Waals surface area contributed by atoms with E-state index in [4.69, 9.17) is 0 Å².